The molecule has 0 amide bonds. The summed E-state index contributed by atoms with van der Waals surface area (Å²) in [6, 6.07) is 1.39. The van der Waals surface area contributed by atoms with E-state index in [9.17, 15) is 5.11 Å². The van der Waals surface area contributed by atoms with Crippen LogP contribution in [-0.4, -0.2) is 48.3 Å². The summed E-state index contributed by atoms with van der Waals surface area (Å²) in [5.74, 6) is 1.53. The summed E-state index contributed by atoms with van der Waals surface area (Å²) in [5, 5.41) is 13.1. The summed E-state index contributed by atoms with van der Waals surface area (Å²) in [7, 11) is 0. The van der Waals surface area contributed by atoms with Gasteiger partial charge in [-0.3, -0.25) is 4.90 Å². The van der Waals surface area contributed by atoms with Gasteiger partial charge in [0.05, 0.1) is 6.61 Å². The predicted octanol–water partition coefficient (Wildman–Crippen LogP) is 2.25. The van der Waals surface area contributed by atoms with E-state index in [-0.39, 0.29) is 0 Å². The third kappa shape index (κ3) is 4.73. The number of hydrogen-bond acceptors (Lipinski definition) is 3. The predicted molar refractivity (Wildman–Crippen MR) is 80.3 cm³/mol. The lowest BCUT2D eigenvalue weighted by atomic mass is 9.84. The molecule has 1 saturated heterocycles. The Morgan fingerprint density at radius 2 is 1.84 bits per heavy atom. The number of piperidine rings is 1. The fourth-order valence-corrected chi connectivity index (χ4v) is 3.76. The van der Waals surface area contributed by atoms with E-state index in [1.807, 2.05) is 0 Å². The molecule has 112 valence electrons. The highest BCUT2D eigenvalue weighted by atomic mass is 16.3. The first-order valence-corrected chi connectivity index (χ1v) is 8.28. The molecule has 0 radical (unpaired) electrons. The van der Waals surface area contributed by atoms with Gasteiger partial charge >= 0.3 is 0 Å². The lowest BCUT2D eigenvalue weighted by molar-refractivity contribution is 0.0903. The van der Waals surface area contributed by atoms with E-state index in [1.165, 1.54) is 45.1 Å². The molecule has 0 spiro atoms. The average Bonchev–Trinajstić information content (AvgIpc) is 2.40. The van der Waals surface area contributed by atoms with Crippen molar-refractivity contribution in [2.75, 3.05) is 26.2 Å². The van der Waals surface area contributed by atoms with Gasteiger partial charge in [0.15, 0.2) is 0 Å². The second-order valence-electron chi connectivity index (χ2n) is 6.92. The Kier molecular flexibility index (Phi) is 6.11. The van der Waals surface area contributed by atoms with Crippen molar-refractivity contribution in [3.8, 4) is 0 Å². The van der Waals surface area contributed by atoms with E-state index in [2.05, 4.69) is 24.1 Å². The smallest absolute Gasteiger partial charge is 0.0558 e. The summed E-state index contributed by atoms with van der Waals surface area (Å²) in [4.78, 5) is 2.45. The Balaban J connectivity index is 1.86. The zero-order chi connectivity index (χ0) is 13.7. The minimum Gasteiger partial charge on any atom is -0.395 e. The van der Waals surface area contributed by atoms with Crippen LogP contribution >= 0.6 is 0 Å². The van der Waals surface area contributed by atoms with Crippen molar-refractivity contribution >= 4 is 0 Å². The van der Waals surface area contributed by atoms with Gasteiger partial charge in [0.1, 0.15) is 0 Å². The number of likely N-dealkylation sites (tertiary alicyclic amines) is 1. The van der Waals surface area contributed by atoms with Crippen LogP contribution in [0.1, 0.15) is 52.4 Å². The van der Waals surface area contributed by atoms with Crippen molar-refractivity contribution in [2.24, 2.45) is 11.8 Å². The van der Waals surface area contributed by atoms with Crippen LogP contribution in [0.5, 0.6) is 0 Å². The highest BCUT2D eigenvalue weighted by molar-refractivity contribution is 4.87. The van der Waals surface area contributed by atoms with Crippen LogP contribution in [0.25, 0.3) is 0 Å². The van der Waals surface area contributed by atoms with Crippen molar-refractivity contribution in [1.82, 2.24) is 10.2 Å². The van der Waals surface area contributed by atoms with Crippen molar-refractivity contribution in [1.29, 1.82) is 0 Å². The Bertz CT molecular complexity index is 251. The maximum absolute atomic E-state index is 9.19. The Labute approximate surface area is 118 Å². The van der Waals surface area contributed by atoms with Gasteiger partial charge in [0.25, 0.3) is 0 Å². The summed E-state index contributed by atoms with van der Waals surface area (Å²) in [5.41, 5.74) is 0. The van der Waals surface area contributed by atoms with Gasteiger partial charge in [-0.25, -0.2) is 0 Å². The van der Waals surface area contributed by atoms with Crippen LogP contribution in [-0.2, 0) is 0 Å². The van der Waals surface area contributed by atoms with Crippen LogP contribution in [0.4, 0.5) is 0 Å². The van der Waals surface area contributed by atoms with Crippen molar-refractivity contribution in [3.05, 3.63) is 0 Å². The number of hydrogen-bond donors (Lipinski definition) is 2. The first-order valence-electron chi connectivity index (χ1n) is 8.28. The fourth-order valence-electron chi connectivity index (χ4n) is 3.76. The molecule has 0 bridgehead atoms. The second-order valence-corrected chi connectivity index (χ2v) is 6.92. The van der Waals surface area contributed by atoms with Gasteiger partial charge < -0.3 is 10.4 Å². The van der Waals surface area contributed by atoms with Crippen LogP contribution in [0.3, 0.4) is 0 Å². The Hall–Kier alpha value is -0.120. The average molecular weight is 268 g/mol. The maximum Gasteiger partial charge on any atom is 0.0558 e. The fraction of sp³-hybridized carbons (Fsp3) is 1.00. The molecule has 0 aromatic heterocycles. The van der Waals surface area contributed by atoms with Crippen molar-refractivity contribution in [3.63, 3.8) is 0 Å². The molecule has 0 aromatic carbocycles. The van der Waals surface area contributed by atoms with E-state index in [1.54, 1.807) is 0 Å². The maximum atomic E-state index is 9.19. The molecule has 2 aliphatic rings. The molecule has 19 heavy (non-hydrogen) atoms. The Morgan fingerprint density at radius 1 is 1.11 bits per heavy atom. The van der Waals surface area contributed by atoms with Crippen molar-refractivity contribution < 1.29 is 5.11 Å². The highest BCUT2D eigenvalue weighted by Gasteiger charge is 2.30. The molecular weight excluding hydrogens is 236 g/mol. The SMILES string of the molecule is CC(C)C1CC(NC2CCCCC2)CN(CCO)C1. The number of nitrogens with one attached hydrogen (secondary N) is 1. The molecule has 1 heterocycles. The molecule has 3 nitrogen and oxygen atoms in total. The molecule has 1 aliphatic carbocycles. The van der Waals surface area contributed by atoms with Crippen molar-refractivity contribution in [2.45, 2.75) is 64.5 Å². The minimum atomic E-state index is 0.293. The number of aliphatic hydroxyl groups excluding tert-OH is 1. The first kappa shape index (κ1) is 15.3. The number of aliphatic hydroxyl groups is 1. The molecule has 2 unspecified atom stereocenters. The molecular formula is C16H32N2O. The van der Waals surface area contributed by atoms with E-state index in [4.69, 9.17) is 0 Å². The van der Waals surface area contributed by atoms with E-state index >= 15 is 0 Å². The minimum absolute atomic E-state index is 0.293. The van der Waals surface area contributed by atoms with Gasteiger partial charge in [0, 0.05) is 31.7 Å². The highest BCUT2D eigenvalue weighted by Crippen LogP contribution is 2.25. The van der Waals surface area contributed by atoms with Gasteiger partial charge in [-0.05, 0) is 31.1 Å². The lowest BCUT2D eigenvalue weighted by Gasteiger charge is -2.41. The summed E-state index contributed by atoms with van der Waals surface area (Å²) in [6.07, 6.45) is 8.27. The summed E-state index contributed by atoms with van der Waals surface area (Å²) >= 11 is 0. The third-order valence-electron chi connectivity index (χ3n) is 4.99. The van der Waals surface area contributed by atoms with Crippen LogP contribution in [0.15, 0.2) is 0 Å². The molecule has 2 N–H and O–H groups in total. The van der Waals surface area contributed by atoms with E-state index < -0.39 is 0 Å². The molecule has 0 aromatic rings. The van der Waals surface area contributed by atoms with Crippen LogP contribution in [0.2, 0.25) is 0 Å². The summed E-state index contributed by atoms with van der Waals surface area (Å²) in [6.45, 7) is 8.10. The zero-order valence-corrected chi connectivity index (χ0v) is 12.8. The van der Waals surface area contributed by atoms with Gasteiger partial charge in [-0.2, -0.15) is 0 Å². The molecule has 3 heteroatoms. The largest absolute Gasteiger partial charge is 0.395 e. The van der Waals surface area contributed by atoms with Gasteiger partial charge in [0.2, 0.25) is 0 Å². The topological polar surface area (TPSA) is 35.5 Å². The quantitative estimate of drug-likeness (QED) is 0.803. The molecule has 2 fully saturated rings. The monoisotopic (exact) mass is 268 g/mol. The third-order valence-corrected chi connectivity index (χ3v) is 4.99. The number of rotatable bonds is 5. The van der Waals surface area contributed by atoms with E-state index in [0.717, 1.165) is 31.0 Å². The number of nitrogens with zero attached hydrogens (tertiary/aromatic N) is 1. The lowest BCUT2D eigenvalue weighted by Crippen LogP contribution is -2.53. The standard InChI is InChI=1S/C16H32N2O/c1-13(2)14-10-16(12-18(11-14)8-9-19)17-15-6-4-3-5-7-15/h13-17,19H,3-12H2,1-2H3. The van der Waals surface area contributed by atoms with Crippen LogP contribution in [0, 0.1) is 11.8 Å². The molecule has 1 aliphatic heterocycles. The zero-order valence-electron chi connectivity index (χ0n) is 12.8. The Morgan fingerprint density at radius 3 is 2.47 bits per heavy atom. The normalized spacial score (nSPS) is 30.9. The van der Waals surface area contributed by atoms with Gasteiger partial charge in [-0.1, -0.05) is 33.1 Å². The molecule has 2 rings (SSSR count). The van der Waals surface area contributed by atoms with Crippen LogP contribution < -0.4 is 5.32 Å². The summed E-state index contributed by atoms with van der Waals surface area (Å²) < 4.78 is 0. The van der Waals surface area contributed by atoms with E-state index in [0.29, 0.717) is 12.6 Å². The first-order chi connectivity index (χ1) is 9.19. The number of β-amino-alcohol motifs (C(OH)–C–C–N with tert-alkyl or cyclic N) is 1. The molecule has 1 saturated carbocycles. The second kappa shape index (κ2) is 7.61. The molecule has 2 atom stereocenters. The van der Waals surface area contributed by atoms with Gasteiger partial charge in [-0.15, -0.1) is 0 Å².